The second-order valence-electron chi connectivity index (χ2n) is 4.04. The van der Waals surface area contributed by atoms with Gasteiger partial charge in [0.25, 0.3) is 0 Å². The molecule has 0 unspecified atom stereocenters. The molecule has 0 heterocycles. The van der Waals surface area contributed by atoms with Crippen molar-refractivity contribution in [2.75, 3.05) is 0 Å². The van der Waals surface area contributed by atoms with Crippen molar-refractivity contribution in [3.05, 3.63) is 53.1 Å². The lowest BCUT2D eigenvalue weighted by Crippen LogP contribution is -2.14. The fourth-order valence-corrected chi connectivity index (χ4v) is 3.90. The van der Waals surface area contributed by atoms with Crippen LogP contribution in [0.1, 0.15) is 10.4 Å². The lowest BCUT2D eigenvalue weighted by molar-refractivity contribution is 0.0696. The highest BCUT2D eigenvalue weighted by Gasteiger charge is 2.21. The van der Waals surface area contributed by atoms with Gasteiger partial charge in [0.1, 0.15) is 0 Å². The number of halogens is 1. The number of sulfonamides is 1. The van der Waals surface area contributed by atoms with E-state index in [1.165, 1.54) is 6.07 Å². The number of carboxylic acids is 1. The molecule has 0 bridgehead atoms. The SMILES string of the molecule is NS(=O)(=O)c1cc(C(=O)O)c(Cl)cc1Sc1ccccc1. The van der Waals surface area contributed by atoms with Gasteiger partial charge in [-0.1, -0.05) is 41.6 Å². The number of aromatic carboxylic acids is 1. The Morgan fingerprint density at radius 1 is 1.19 bits per heavy atom. The van der Waals surface area contributed by atoms with Crippen LogP contribution in [0.2, 0.25) is 5.02 Å². The largest absolute Gasteiger partial charge is 0.478 e. The fourth-order valence-electron chi connectivity index (χ4n) is 1.62. The molecule has 0 aliphatic heterocycles. The first-order valence-corrected chi connectivity index (χ1v) is 8.35. The topological polar surface area (TPSA) is 97.5 Å². The highest BCUT2D eigenvalue weighted by atomic mass is 35.5. The molecule has 5 nitrogen and oxygen atoms in total. The average Bonchev–Trinajstić information content (AvgIpc) is 2.38. The van der Waals surface area contributed by atoms with Crippen LogP contribution in [0.3, 0.4) is 0 Å². The van der Waals surface area contributed by atoms with E-state index >= 15 is 0 Å². The van der Waals surface area contributed by atoms with E-state index in [0.29, 0.717) is 0 Å². The van der Waals surface area contributed by atoms with E-state index in [-0.39, 0.29) is 20.4 Å². The Labute approximate surface area is 130 Å². The smallest absolute Gasteiger partial charge is 0.337 e. The number of hydrogen-bond donors (Lipinski definition) is 2. The van der Waals surface area contributed by atoms with Crippen LogP contribution >= 0.6 is 23.4 Å². The van der Waals surface area contributed by atoms with E-state index in [2.05, 4.69) is 0 Å². The number of carboxylic acid groups (broad SMARTS) is 1. The maximum Gasteiger partial charge on any atom is 0.337 e. The Morgan fingerprint density at radius 2 is 1.81 bits per heavy atom. The van der Waals surface area contributed by atoms with Crippen molar-refractivity contribution in [2.45, 2.75) is 14.7 Å². The summed E-state index contributed by atoms with van der Waals surface area (Å²) in [5.41, 5.74) is -0.307. The molecular weight excluding hydrogens is 334 g/mol. The normalized spacial score (nSPS) is 11.3. The van der Waals surface area contributed by atoms with Gasteiger partial charge >= 0.3 is 5.97 Å². The summed E-state index contributed by atoms with van der Waals surface area (Å²) in [6.07, 6.45) is 0. The molecule has 0 fully saturated rings. The standard InChI is InChI=1S/C13H10ClNO4S2/c14-10-7-11(20-8-4-2-1-3-5-8)12(21(15,18)19)6-9(10)13(16)17/h1-7H,(H,16,17)(H2,15,18,19). The summed E-state index contributed by atoms with van der Waals surface area (Å²) >= 11 is 7.02. The molecule has 0 amide bonds. The molecule has 0 aliphatic carbocycles. The summed E-state index contributed by atoms with van der Waals surface area (Å²) in [5, 5.41) is 14.1. The first kappa shape index (κ1) is 15.8. The van der Waals surface area contributed by atoms with Gasteiger partial charge < -0.3 is 5.11 Å². The molecule has 8 heteroatoms. The Hall–Kier alpha value is -1.54. The van der Waals surface area contributed by atoms with Crippen LogP contribution < -0.4 is 5.14 Å². The van der Waals surface area contributed by atoms with Crippen LogP contribution in [0.5, 0.6) is 0 Å². The molecule has 2 aromatic rings. The number of carbonyl (C=O) groups is 1. The molecule has 0 aromatic heterocycles. The molecule has 0 atom stereocenters. The van der Waals surface area contributed by atoms with Crippen LogP contribution in [-0.4, -0.2) is 19.5 Å². The summed E-state index contributed by atoms with van der Waals surface area (Å²) in [4.78, 5) is 11.8. The van der Waals surface area contributed by atoms with E-state index < -0.39 is 16.0 Å². The van der Waals surface area contributed by atoms with Gasteiger partial charge in [0, 0.05) is 9.79 Å². The van der Waals surface area contributed by atoms with E-state index in [1.54, 1.807) is 24.3 Å². The summed E-state index contributed by atoms with van der Waals surface area (Å²) in [5.74, 6) is -1.32. The van der Waals surface area contributed by atoms with Crippen LogP contribution in [0, 0.1) is 0 Å². The second-order valence-corrected chi connectivity index (χ2v) is 7.10. The lowest BCUT2D eigenvalue weighted by atomic mass is 10.2. The van der Waals surface area contributed by atoms with E-state index in [1.807, 2.05) is 6.07 Å². The third-order valence-corrected chi connectivity index (χ3v) is 5.00. The second kappa shape index (κ2) is 6.07. The van der Waals surface area contributed by atoms with Crippen LogP contribution in [0.15, 0.2) is 57.2 Å². The lowest BCUT2D eigenvalue weighted by Gasteiger charge is -2.10. The van der Waals surface area contributed by atoms with Gasteiger partial charge in [-0.25, -0.2) is 18.4 Å². The molecule has 0 saturated heterocycles. The zero-order chi connectivity index (χ0) is 15.6. The molecule has 0 spiro atoms. The summed E-state index contributed by atoms with van der Waals surface area (Å²) in [6, 6.07) is 11.3. The van der Waals surface area contributed by atoms with Gasteiger partial charge in [-0.15, -0.1) is 0 Å². The van der Waals surface area contributed by atoms with Crippen molar-refractivity contribution >= 4 is 39.4 Å². The van der Waals surface area contributed by atoms with Crippen molar-refractivity contribution in [2.24, 2.45) is 5.14 Å². The minimum absolute atomic E-state index is 0.0478. The van der Waals surface area contributed by atoms with Gasteiger partial charge in [-0.2, -0.15) is 0 Å². The third-order valence-electron chi connectivity index (χ3n) is 2.54. The predicted molar refractivity (Wildman–Crippen MR) is 80.3 cm³/mol. The van der Waals surface area contributed by atoms with Crippen molar-refractivity contribution in [3.8, 4) is 0 Å². The van der Waals surface area contributed by atoms with Crippen LogP contribution in [0.25, 0.3) is 0 Å². The van der Waals surface area contributed by atoms with E-state index in [4.69, 9.17) is 21.8 Å². The van der Waals surface area contributed by atoms with Gasteiger partial charge in [0.05, 0.1) is 15.5 Å². The minimum Gasteiger partial charge on any atom is -0.478 e. The van der Waals surface area contributed by atoms with Gasteiger partial charge in [0.15, 0.2) is 0 Å². The number of rotatable bonds is 4. The van der Waals surface area contributed by atoms with Crippen molar-refractivity contribution < 1.29 is 18.3 Å². The average molecular weight is 344 g/mol. The Balaban J connectivity index is 2.59. The van der Waals surface area contributed by atoms with Gasteiger partial charge in [0.2, 0.25) is 10.0 Å². The minimum atomic E-state index is -4.07. The molecule has 0 radical (unpaired) electrons. The summed E-state index contributed by atoms with van der Waals surface area (Å²) in [7, 11) is -4.07. The highest BCUT2D eigenvalue weighted by molar-refractivity contribution is 8.00. The number of primary sulfonamides is 1. The molecular formula is C13H10ClNO4S2. The molecule has 2 rings (SSSR count). The molecule has 0 aliphatic rings. The van der Waals surface area contributed by atoms with Crippen LogP contribution in [-0.2, 0) is 10.0 Å². The van der Waals surface area contributed by atoms with Crippen molar-refractivity contribution in [3.63, 3.8) is 0 Å². The number of nitrogens with two attached hydrogens (primary N) is 1. The number of hydrogen-bond acceptors (Lipinski definition) is 4. The number of benzene rings is 2. The Bertz CT molecular complexity index is 791. The maximum atomic E-state index is 11.7. The molecule has 3 N–H and O–H groups in total. The third kappa shape index (κ3) is 3.76. The Kier molecular flexibility index (Phi) is 4.58. The van der Waals surface area contributed by atoms with E-state index in [9.17, 15) is 13.2 Å². The molecule has 110 valence electrons. The Morgan fingerprint density at radius 3 is 2.33 bits per heavy atom. The van der Waals surface area contributed by atoms with E-state index in [0.717, 1.165) is 22.7 Å². The maximum absolute atomic E-state index is 11.7. The highest BCUT2D eigenvalue weighted by Crippen LogP contribution is 2.35. The quantitative estimate of drug-likeness (QED) is 0.889. The summed E-state index contributed by atoms with van der Waals surface area (Å²) < 4.78 is 23.3. The summed E-state index contributed by atoms with van der Waals surface area (Å²) in [6.45, 7) is 0. The zero-order valence-electron chi connectivity index (χ0n) is 10.5. The monoisotopic (exact) mass is 343 g/mol. The molecule has 21 heavy (non-hydrogen) atoms. The first-order valence-electron chi connectivity index (χ1n) is 5.61. The predicted octanol–water partition coefficient (Wildman–Crippen LogP) is 2.84. The van der Waals surface area contributed by atoms with Crippen molar-refractivity contribution in [1.82, 2.24) is 0 Å². The van der Waals surface area contributed by atoms with Gasteiger partial charge in [-0.3, -0.25) is 0 Å². The van der Waals surface area contributed by atoms with Gasteiger partial charge in [-0.05, 0) is 24.3 Å². The van der Waals surface area contributed by atoms with Crippen LogP contribution in [0.4, 0.5) is 0 Å². The molecule has 2 aromatic carbocycles. The van der Waals surface area contributed by atoms with Crippen molar-refractivity contribution in [1.29, 1.82) is 0 Å². The fraction of sp³-hybridized carbons (Fsp3) is 0. The zero-order valence-corrected chi connectivity index (χ0v) is 12.9. The first-order chi connectivity index (χ1) is 9.79. The molecule has 0 saturated carbocycles.